The molecule has 1 saturated heterocycles. The Hall–Kier alpha value is -1.26. The molecule has 0 saturated carbocycles. The number of rotatable bonds is 4. The molecule has 2 amide bonds. The topological polar surface area (TPSA) is 72.2 Å². The largest absolute Gasteiger partial charge is 0.368 e. The lowest BCUT2D eigenvalue weighted by Gasteiger charge is -2.07. The number of carbonyl (C=O) groups is 2. The summed E-state index contributed by atoms with van der Waals surface area (Å²) in [7, 11) is 0. The second-order valence-electron chi connectivity index (χ2n) is 4.68. The van der Waals surface area contributed by atoms with Gasteiger partial charge in [0.1, 0.15) is 6.04 Å². The quantitative estimate of drug-likeness (QED) is 0.891. The number of primary amides is 1. The fourth-order valence-corrected chi connectivity index (χ4v) is 2.53. The molecule has 0 spiro atoms. The Labute approximate surface area is 121 Å². The highest BCUT2D eigenvalue weighted by atomic mass is 35.5. The lowest BCUT2D eigenvalue weighted by atomic mass is 9.96. The van der Waals surface area contributed by atoms with E-state index in [9.17, 15) is 9.59 Å². The Morgan fingerprint density at radius 2 is 2.11 bits per heavy atom. The molecule has 1 aromatic carbocycles. The van der Waals surface area contributed by atoms with Crippen molar-refractivity contribution in [3.63, 3.8) is 0 Å². The Bertz CT molecular complexity index is 519. The predicted molar refractivity (Wildman–Crippen MR) is 74.0 cm³/mol. The lowest BCUT2D eigenvalue weighted by Crippen LogP contribution is -2.37. The van der Waals surface area contributed by atoms with Gasteiger partial charge in [-0.05, 0) is 37.0 Å². The third-order valence-electron chi connectivity index (χ3n) is 3.32. The molecule has 0 aliphatic carbocycles. The molecule has 3 N–H and O–H groups in total. The third kappa shape index (κ3) is 3.39. The molecule has 2 rings (SSSR count). The number of amides is 2. The first kappa shape index (κ1) is 14.2. The molecule has 1 aliphatic rings. The second-order valence-corrected chi connectivity index (χ2v) is 5.50. The monoisotopic (exact) mass is 300 g/mol. The Morgan fingerprint density at radius 1 is 1.37 bits per heavy atom. The van der Waals surface area contributed by atoms with Crippen LogP contribution in [0.2, 0.25) is 10.0 Å². The number of aryl methyl sites for hydroxylation is 1. The van der Waals surface area contributed by atoms with Crippen molar-refractivity contribution in [1.29, 1.82) is 0 Å². The standard InChI is InChI=1S/C13H14Cl2N2O2/c14-9-4-2-7(5-10(9)15)1-3-8-6-11(12(16)18)17-13(8)19/h2,4-5,8,11H,1,3,6H2,(H2,16,18)(H,17,19). The van der Waals surface area contributed by atoms with E-state index >= 15 is 0 Å². The molecule has 0 bridgehead atoms. The van der Waals surface area contributed by atoms with Crippen LogP contribution in [0.15, 0.2) is 18.2 Å². The third-order valence-corrected chi connectivity index (χ3v) is 4.06. The molecule has 1 aliphatic heterocycles. The number of nitrogens with one attached hydrogen (secondary N) is 1. The summed E-state index contributed by atoms with van der Waals surface area (Å²) in [5.41, 5.74) is 6.20. The fourth-order valence-electron chi connectivity index (χ4n) is 2.21. The summed E-state index contributed by atoms with van der Waals surface area (Å²) >= 11 is 11.8. The summed E-state index contributed by atoms with van der Waals surface area (Å²) in [5, 5.41) is 3.62. The minimum Gasteiger partial charge on any atom is -0.368 e. The first-order chi connectivity index (χ1) is 8.97. The molecule has 4 nitrogen and oxygen atoms in total. The molecule has 6 heteroatoms. The maximum Gasteiger partial charge on any atom is 0.240 e. The smallest absolute Gasteiger partial charge is 0.240 e. The fraction of sp³-hybridized carbons (Fsp3) is 0.385. The molecule has 1 aromatic rings. The Morgan fingerprint density at radius 3 is 2.68 bits per heavy atom. The van der Waals surface area contributed by atoms with Crippen molar-refractivity contribution in [1.82, 2.24) is 5.32 Å². The summed E-state index contributed by atoms with van der Waals surface area (Å²) in [6.07, 6.45) is 1.84. The zero-order valence-corrected chi connectivity index (χ0v) is 11.7. The van der Waals surface area contributed by atoms with E-state index in [-0.39, 0.29) is 11.8 Å². The summed E-state index contributed by atoms with van der Waals surface area (Å²) < 4.78 is 0. The summed E-state index contributed by atoms with van der Waals surface area (Å²) in [6, 6.07) is 4.88. The second kappa shape index (κ2) is 5.80. The van der Waals surface area contributed by atoms with Gasteiger partial charge in [0.15, 0.2) is 0 Å². The van der Waals surface area contributed by atoms with Gasteiger partial charge in [0.05, 0.1) is 10.0 Å². The van der Waals surface area contributed by atoms with Crippen LogP contribution in [0.4, 0.5) is 0 Å². The van der Waals surface area contributed by atoms with Gasteiger partial charge in [-0.2, -0.15) is 0 Å². The first-order valence-corrected chi connectivity index (χ1v) is 6.76. The van der Waals surface area contributed by atoms with Crippen molar-refractivity contribution in [3.8, 4) is 0 Å². The van der Waals surface area contributed by atoms with Gasteiger partial charge in [0.2, 0.25) is 11.8 Å². The summed E-state index contributed by atoms with van der Waals surface area (Å²) in [5.74, 6) is -0.763. The molecule has 0 radical (unpaired) electrons. The van der Waals surface area contributed by atoms with Gasteiger partial charge in [-0.25, -0.2) is 0 Å². The van der Waals surface area contributed by atoms with E-state index in [0.29, 0.717) is 29.3 Å². The van der Waals surface area contributed by atoms with Crippen LogP contribution in [-0.4, -0.2) is 17.9 Å². The molecule has 2 unspecified atom stereocenters. The van der Waals surface area contributed by atoms with Gasteiger partial charge in [0, 0.05) is 5.92 Å². The summed E-state index contributed by atoms with van der Waals surface area (Å²) in [4.78, 5) is 22.7. The van der Waals surface area contributed by atoms with Gasteiger partial charge in [0.25, 0.3) is 0 Å². The van der Waals surface area contributed by atoms with Crippen molar-refractivity contribution < 1.29 is 9.59 Å². The van der Waals surface area contributed by atoms with Crippen molar-refractivity contribution in [2.24, 2.45) is 11.7 Å². The maximum absolute atomic E-state index is 11.7. The Balaban J connectivity index is 1.94. The number of nitrogens with two attached hydrogens (primary N) is 1. The van der Waals surface area contributed by atoms with Crippen molar-refractivity contribution in [2.45, 2.75) is 25.3 Å². The average molecular weight is 301 g/mol. The van der Waals surface area contributed by atoms with Crippen molar-refractivity contribution in [3.05, 3.63) is 33.8 Å². The highest BCUT2D eigenvalue weighted by Gasteiger charge is 2.34. The molecule has 1 fully saturated rings. The molecule has 0 aromatic heterocycles. The van der Waals surface area contributed by atoms with Crippen LogP contribution in [0.1, 0.15) is 18.4 Å². The molecule has 1 heterocycles. The number of carbonyl (C=O) groups excluding carboxylic acids is 2. The van der Waals surface area contributed by atoms with E-state index in [1.54, 1.807) is 12.1 Å². The van der Waals surface area contributed by atoms with E-state index < -0.39 is 11.9 Å². The van der Waals surface area contributed by atoms with Crippen LogP contribution in [0, 0.1) is 5.92 Å². The zero-order chi connectivity index (χ0) is 14.0. The molecule has 2 atom stereocenters. The zero-order valence-electron chi connectivity index (χ0n) is 10.2. The van der Waals surface area contributed by atoms with Gasteiger partial charge in [-0.15, -0.1) is 0 Å². The first-order valence-electron chi connectivity index (χ1n) is 6.01. The van der Waals surface area contributed by atoms with Gasteiger partial charge >= 0.3 is 0 Å². The van der Waals surface area contributed by atoms with E-state index in [4.69, 9.17) is 28.9 Å². The van der Waals surface area contributed by atoms with Crippen LogP contribution in [0.25, 0.3) is 0 Å². The number of halogens is 2. The van der Waals surface area contributed by atoms with Gasteiger partial charge in [-0.1, -0.05) is 29.3 Å². The number of benzene rings is 1. The van der Waals surface area contributed by atoms with Crippen LogP contribution < -0.4 is 11.1 Å². The SMILES string of the molecule is NC(=O)C1CC(CCc2ccc(Cl)c(Cl)c2)C(=O)N1. The lowest BCUT2D eigenvalue weighted by molar-refractivity contribution is -0.125. The molecule has 19 heavy (non-hydrogen) atoms. The minimum atomic E-state index is -0.536. The molecule has 102 valence electrons. The van der Waals surface area contributed by atoms with Crippen LogP contribution in [-0.2, 0) is 16.0 Å². The Kier molecular flexibility index (Phi) is 4.32. The van der Waals surface area contributed by atoms with Gasteiger partial charge < -0.3 is 11.1 Å². The highest BCUT2D eigenvalue weighted by molar-refractivity contribution is 6.42. The van der Waals surface area contributed by atoms with Gasteiger partial charge in [-0.3, -0.25) is 9.59 Å². The van der Waals surface area contributed by atoms with E-state index in [1.165, 1.54) is 0 Å². The average Bonchev–Trinajstić information content (AvgIpc) is 2.73. The van der Waals surface area contributed by atoms with E-state index in [1.807, 2.05) is 6.07 Å². The summed E-state index contributed by atoms with van der Waals surface area (Å²) in [6.45, 7) is 0. The van der Waals surface area contributed by atoms with E-state index in [0.717, 1.165) is 5.56 Å². The molecular weight excluding hydrogens is 287 g/mol. The van der Waals surface area contributed by atoms with E-state index in [2.05, 4.69) is 5.32 Å². The van der Waals surface area contributed by atoms with Crippen LogP contribution >= 0.6 is 23.2 Å². The molecular formula is C13H14Cl2N2O2. The minimum absolute atomic E-state index is 0.108. The van der Waals surface area contributed by atoms with Crippen molar-refractivity contribution in [2.75, 3.05) is 0 Å². The predicted octanol–water partition coefficient (Wildman–Crippen LogP) is 1.92. The maximum atomic E-state index is 11.7. The van der Waals surface area contributed by atoms with Crippen molar-refractivity contribution >= 4 is 35.0 Å². The highest BCUT2D eigenvalue weighted by Crippen LogP contribution is 2.25. The number of hydrogen-bond acceptors (Lipinski definition) is 2. The van der Waals surface area contributed by atoms with Crippen LogP contribution in [0.3, 0.4) is 0 Å². The van der Waals surface area contributed by atoms with Crippen LogP contribution in [0.5, 0.6) is 0 Å². The number of hydrogen-bond donors (Lipinski definition) is 2. The normalized spacial score (nSPS) is 22.3.